The van der Waals surface area contributed by atoms with Crippen molar-refractivity contribution >= 4 is 40.3 Å². The highest BCUT2D eigenvalue weighted by Gasteiger charge is 2.40. The molecule has 3 aromatic rings. The highest BCUT2D eigenvalue weighted by Crippen LogP contribution is 2.47. The van der Waals surface area contributed by atoms with Gasteiger partial charge in [0, 0.05) is 37.9 Å². The molecule has 1 atom stereocenters. The maximum absolute atomic E-state index is 13.8. The zero-order valence-corrected chi connectivity index (χ0v) is 22.1. The van der Waals surface area contributed by atoms with Gasteiger partial charge in [-0.15, -0.1) is 11.3 Å². The van der Waals surface area contributed by atoms with Gasteiger partial charge >= 0.3 is 12.1 Å². The Morgan fingerprint density at radius 2 is 1.79 bits per heavy atom. The molecule has 12 heteroatoms. The van der Waals surface area contributed by atoms with E-state index in [9.17, 15) is 23.1 Å². The number of piperazine rings is 1. The van der Waals surface area contributed by atoms with Gasteiger partial charge in [0.15, 0.2) is 0 Å². The topological polar surface area (TPSA) is 77.8 Å². The molecule has 2 aliphatic rings. The van der Waals surface area contributed by atoms with Gasteiger partial charge in [-0.25, -0.2) is 4.99 Å². The third kappa shape index (κ3) is 5.33. The summed E-state index contributed by atoms with van der Waals surface area (Å²) in [5.74, 6) is 0.270. The average Bonchev–Trinajstić information content (AvgIpc) is 3.41. The van der Waals surface area contributed by atoms with Crippen LogP contribution in [0.1, 0.15) is 22.9 Å². The predicted molar refractivity (Wildman–Crippen MR) is 144 cm³/mol. The third-order valence-electron chi connectivity index (χ3n) is 6.84. The molecule has 8 nitrogen and oxygen atoms in total. The minimum absolute atomic E-state index is 0.117. The number of anilines is 2. The lowest BCUT2D eigenvalue weighted by molar-refractivity contribution is -0.138. The van der Waals surface area contributed by atoms with E-state index < -0.39 is 23.8 Å². The smallest absolute Gasteiger partial charge is 0.416 e. The fourth-order valence-electron chi connectivity index (χ4n) is 4.95. The number of methoxy groups -OCH3 is 2. The van der Waals surface area contributed by atoms with Crippen molar-refractivity contribution in [1.82, 2.24) is 4.90 Å². The Kier molecular flexibility index (Phi) is 7.30. The van der Waals surface area contributed by atoms with Crippen molar-refractivity contribution in [2.75, 3.05) is 50.2 Å². The van der Waals surface area contributed by atoms with Crippen LogP contribution in [-0.4, -0.2) is 62.3 Å². The van der Waals surface area contributed by atoms with E-state index in [0.717, 1.165) is 23.6 Å². The van der Waals surface area contributed by atoms with Crippen molar-refractivity contribution in [3.8, 4) is 11.5 Å². The molecule has 0 radical (unpaired) electrons. The Morgan fingerprint density at radius 1 is 1.05 bits per heavy atom. The van der Waals surface area contributed by atoms with Gasteiger partial charge in [-0.3, -0.25) is 9.69 Å². The number of nitrogens with zero attached hydrogens (tertiary/aromatic N) is 4. The first-order valence-corrected chi connectivity index (χ1v) is 13.1. The zero-order valence-electron chi connectivity index (χ0n) is 21.3. The van der Waals surface area contributed by atoms with Crippen LogP contribution in [0.5, 0.6) is 11.5 Å². The molecule has 2 aliphatic heterocycles. The van der Waals surface area contributed by atoms with Crippen LogP contribution < -0.4 is 19.3 Å². The van der Waals surface area contributed by atoms with E-state index in [1.807, 2.05) is 40.6 Å². The summed E-state index contributed by atoms with van der Waals surface area (Å²) in [6.07, 6.45) is -4.91. The number of carboxylic acid groups (broad SMARTS) is 1. The summed E-state index contributed by atoms with van der Waals surface area (Å²) in [6, 6.07) is 12.0. The molecule has 3 heterocycles. The van der Waals surface area contributed by atoms with Gasteiger partial charge in [-0.1, -0.05) is 6.07 Å². The number of benzene rings is 2. The Hall–Kier alpha value is -3.93. The van der Waals surface area contributed by atoms with Gasteiger partial charge in [0.25, 0.3) is 0 Å². The second kappa shape index (κ2) is 10.7. The van der Waals surface area contributed by atoms with Crippen molar-refractivity contribution in [2.24, 2.45) is 4.99 Å². The normalized spacial score (nSPS) is 17.5. The van der Waals surface area contributed by atoms with Gasteiger partial charge < -0.3 is 24.4 Å². The van der Waals surface area contributed by atoms with Crippen molar-refractivity contribution in [2.45, 2.75) is 18.6 Å². The molecule has 1 fully saturated rings. The number of alkyl halides is 3. The molecule has 206 valence electrons. The van der Waals surface area contributed by atoms with Crippen molar-refractivity contribution in [3.05, 3.63) is 64.4 Å². The van der Waals surface area contributed by atoms with Crippen LogP contribution in [0.25, 0.3) is 0 Å². The average molecular weight is 561 g/mol. The maximum Gasteiger partial charge on any atom is 0.416 e. The summed E-state index contributed by atoms with van der Waals surface area (Å²) < 4.78 is 52.1. The lowest BCUT2D eigenvalue weighted by atomic mass is 10.0. The lowest BCUT2D eigenvalue weighted by Gasteiger charge is -2.44. The number of hydrogen-bond acceptors (Lipinski definition) is 8. The van der Waals surface area contributed by atoms with Crippen LogP contribution in [0.2, 0.25) is 0 Å². The number of aliphatic imine (C=N–C) groups is 1. The molecular formula is C27H27F3N4O4S. The molecule has 5 rings (SSSR count). The number of hydrogen-bond donors (Lipinski definition) is 1. The Labute approximate surface area is 227 Å². The molecule has 39 heavy (non-hydrogen) atoms. The molecule has 1 N–H and O–H groups in total. The van der Waals surface area contributed by atoms with Crippen LogP contribution in [0, 0.1) is 0 Å². The SMILES string of the molecule is COc1cccc(N2CCN(C3=Nc4ccsc4[C@H](CC(=O)O)N3c3cc(C(F)(F)F)ccc3OC)CC2)c1. The number of carboxylic acids is 1. The molecule has 0 saturated carbocycles. The standard InChI is InChI=1S/C27H27F3N4O4S/c1-37-19-5-3-4-18(15-19)32-9-11-33(12-10-32)26-31-20-8-13-39-25(20)22(16-24(35)36)34(26)21-14-17(27(28,29)30)6-7-23(21)38-2/h3-8,13-15,22H,9-12,16H2,1-2H3,(H,35,36)/t22-/m0/s1. The predicted octanol–water partition coefficient (Wildman–Crippen LogP) is 5.63. The summed E-state index contributed by atoms with van der Waals surface area (Å²) in [6.45, 7) is 2.29. The molecule has 0 amide bonds. The van der Waals surface area contributed by atoms with E-state index in [0.29, 0.717) is 42.7 Å². The number of carbonyl (C=O) groups is 1. The molecule has 1 aromatic heterocycles. The minimum atomic E-state index is -4.59. The molecule has 0 unspecified atom stereocenters. The first kappa shape index (κ1) is 26.7. The van der Waals surface area contributed by atoms with Gasteiger partial charge in [0.2, 0.25) is 5.96 Å². The Morgan fingerprint density at radius 3 is 2.46 bits per heavy atom. The van der Waals surface area contributed by atoms with Crippen LogP contribution in [0.3, 0.4) is 0 Å². The molecule has 2 aromatic carbocycles. The first-order valence-electron chi connectivity index (χ1n) is 12.3. The highest BCUT2D eigenvalue weighted by atomic mass is 32.1. The van der Waals surface area contributed by atoms with Crippen LogP contribution in [-0.2, 0) is 11.0 Å². The summed E-state index contributed by atoms with van der Waals surface area (Å²) in [5, 5.41) is 11.6. The van der Waals surface area contributed by atoms with E-state index in [4.69, 9.17) is 14.5 Å². The van der Waals surface area contributed by atoms with Crippen molar-refractivity contribution < 1.29 is 32.5 Å². The Balaban J connectivity index is 1.55. The van der Waals surface area contributed by atoms with Crippen LogP contribution in [0.4, 0.5) is 30.2 Å². The van der Waals surface area contributed by atoms with Gasteiger partial charge in [-0.05, 0) is 41.8 Å². The van der Waals surface area contributed by atoms with E-state index in [2.05, 4.69) is 4.90 Å². The molecule has 0 bridgehead atoms. The number of ether oxygens (including phenoxy) is 2. The van der Waals surface area contributed by atoms with E-state index in [-0.39, 0.29) is 17.9 Å². The number of aliphatic carboxylic acids is 1. The van der Waals surface area contributed by atoms with Gasteiger partial charge in [0.1, 0.15) is 11.5 Å². The zero-order chi connectivity index (χ0) is 27.7. The molecule has 0 aliphatic carbocycles. The molecular weight excluding hydrogens is 533 g/mol. The number of rotatable bonds is 6. The van der Waals surface area contributed by atoms with Crippen molar-refractivity contribution in [3.63, 3.8) is 0 Å². The Bertz CT molecular complexity index is 1390. The summed E-state index contributed by atoms with van der Waals surface area (Å²) in [5.41, 5.74) is 0.886. The summed E-state index contributed by atoms with van der Waals surface area (Å²) in [7, 11) is 2.99. The molecule has 1 saturated heterocycles. The number of thiophene rings is 1. The number of fused-ring (bicyclic) bond motifs is 1. The third-order valence-corrected chi connectivity index (χ3v) is 7.85. The summed E-state index contributed by atoms with van der Waals surface area (Å²) in [4.78, 5) is 23.3. The highest BCUT2D eigenvalue weighted by molar-refractivity contribution is 7.10. The van der Waals surface area contributed by atoms with E-state index in [1.165, 1.54) is 24.5 Å². The van der Waals surface area contributed by atoms with Crippen LogP contribution >= 0.6 is 11.3 Å². The largest absolute Gasteiger partial charge is 0.497 e. The van der Waals surface area contributed by atoms with Gasteiger partial charge in [0.05, 0.1) is 48.5 Å². The molecule has 0 spiro atoms. The first-order chi connectivity index (χ1) is 18.7. The minimum Gasteiger partial charge on any atom is -0.497 e. The van der Waals surface area contributed by atoms with Crippen molar-refractivity contribution in [1.29, 1.82) is 0 Å². The van der Waals surface area contributed by atoms with Gasteiger partial charge in [-0.2, -0.15) is 13.2 Å². The maximum atomic E-state index is 13.8. The fourth-order valence-corrected chi connectivity index (χ4v) is 5.87. The quantitative estimate of drug-likeness (QED) is 0.419. The number of halogens is 3. The summed E-state index contributed by atoms with van der Waals surface area (Å²) >= 11 is 1.33. The second-order valence-corrected chi connectivity index (χ2v) is 10.1. The monoisotopic (exact) mass is 560 g/mol. The fraction of sp³-hybridized carbons (Fsp3) is 0.333. The lowest BCUT2D eigenvalue weighted by Crippen LogP contribution is -2.55. The second-order valence-electron chi connectivity index (χ2n) is 9.13. The van der Waals surface area contributed by atoms with E-state index in [1.54, 1.807) is 12.0 Å². The van der Waals surface area contributed by atoms with Crippen LogP contribution in [0.15, 0.2) is 58.9 Å². The van der Waals surface area contributed by atoms with E-state index >= 15 is 0 Å². The number of guanidine groups is 1.